The van der Waals surface area contributed by atoms with Gasteiger partial charge < -0.3 is 15.0 Å². The third-order valence-corrected chi connectivity index (χ3v) is 9.65. The van der Waals surface area contributed by atoms with Crippen molar-refractivity contribution < 1.29 is 22.7 Å². The van der Waals surface area contributed by atoms with Crippen LogP contribution in [0.5, 0.6) is 0 Å². The molecule has 2 aliphatic rings. The minimum Gasteiger partial charge on any atom is -0.381 e. The average Bonchev–Trinajstić information content (AvgIpc) is 3.49. The van der Waals surface area contributed by atoms with E-state index in [0.29, 0.717) is 43.0 Å². The standard InChI is InChI=1S/C25H28N6O5S/c32-23(26-20-6-4-5-19(17-20)22-27-29-30-28-22)18-9-13-31(14-10-18)24(33)25(11-15-36-16-12-25)37(34,35)21-7-2-1-3-8-21/h1-8,17-18H,9-16H2,(H,26,32)(H,27,28,29,30). The van der Waals surface area contributed by atoms with Crippen LogP contribution in [0.4, 0.5) is 5.69 Å². The van der Waals surface area contributed by atoms with Gasteiger partial charge in [-0.05, 0) is 55.2 Å². The Morgan fingerprint density at radius 3 is 2.43 bits per heavy atom. The van der Waals surface area contributed by atoms with Crippen LogP contribution in [0.1, 0.15) is 25.7 Å². The van der Waals surface area contributed by atoms with Gasteiger partial charge in [-0.2, -0.15) is 5.21 Å². The largest absolute Gasteiger partial charge is 0.381 e. The van der Waals surface area contributed by atoms with Gasteiger partial charge in [0.2, 0.25) is 17.6 Å². The van der Waals surface area contributed by atoms with Crippen LogP contribution in [-0.2, 0) is 24.2 Å². The SMILES string of the molecule is O=C(Nc1cccc(-c2nn[nH]n2)c1)C1CCN(C(=O)C2(S(=O)(=O)c3ccccc3)CCOCC2)CC1. The molecule has 3 heterocycles. The maximum Gasteiger partial charge on any atom is 0.244 e. The summed E-state index contributed by atoms with van der Waals surface area (Å²) in [6, 6.07) is 15.3. The highest BCUT2D eigenvalue weighted by Crippen LogP contribution is 2.37. The summed E-state index contributed by atoms with van der Waals surface area (Å²) < 4.78 is 31.3. The van der Waals surface area contributed by atoms with Gasteiger partial charge in [-0.1, -0.05) is 30.3 Å². The van der Waals surface area contributed by atoms with Gasteiger partial charge in [-0.3, -0.25) is 9.59 Å². The molecule has 2 fully saturated rings. The summed E-state index contributed by atoms with van der Waals surface area (Å²) in [5.41, 5.74) is 1.33. The van der Waals surface area contributed by atoms with Gasteiger partial charge in [-0.15, -0.1) is 10.2 Å². The van der Waals surface area contributed by atoms with Crippen molar-refractivity contribution in [2.24, 2.45) is 5.92 Å². The number of benzene rings is 2. The molecule has 0 unspecified atom stereocenters. The number of nitrogens with one attached hydrogen (secondary N) is 2. The molecule has 3 aromatic rings. The Morgan fingerprint density at radius 1 is 1.03 bits per heavy atom. The number of carbonyl (C=O) groups excluding carboxylic acids is 2. The summed E-state index contributed by atoms with van der Waals surface area (Å²) >= 11 is 0. The molecule has 0 radical (unpaired) electrons. The number of sulfone groups is 1. The number of ether oxygens (including phenoxy) is 1. The summed E-state index contributed by atoms with van der Waals surface area (Å²) in [4.78, 5) is 28.5. The van der Waals surface area contributed by atoms with Gasteiger partial charge >= 0.3 is 0 Å². The first-order valence-corrected chi connectivity index (χ1v) is 13.7. The molecular weight excluding hydrogens is 496 g/mol. The monoisotopic (exact) mass is 524 g/mol. The van der Waals surface area contributed by atoms with Crippen LogP contribution in [-0.4, -0.2) is 76.8 Å². The van der Waals surface area contributed by atoms with E-state index in [9.17, 15) is 18.0 Å². The predicted octanol–water partition coefficient (Wildman–Crippen LogP) is 2.07. The molecule has 194 valence electrons. The van der Waals surface area contributed by atoms with E-state index < -0.39 is 20.5 Å². The van der Waals surface area contributed by atoms with Gasteiger partial charge in [0.05, 0.1) is 4.90 Å². The van der Waals surface area contributed by atoms with Crippen molar-refractivity contribution in [2.45, 2.75) is 35.3 Å². The van der Waals surface area contributed by atoms with Crippen molar-refractivity contribution in [1.29, 1.82) is 0 Å². The topological polar surface area (TPSA) is 147 Å². The maximum absolute atomic E-state index is 13.8. The van der Waals surface area contributed by atoms with Crippen LogP contribution >= 0.6 is 0 Å². The number of hydrogen-bond acceptors (Lipinski definition) is 8. The third-order valence-electron chi connectivity index (χ3n) is 7.14. The van der Waals surface area contributed by atoms with Crippen molar-refractivity contribution in [3.05, 3.63) is 54.6 Å². The first kappa shape index (κ1) is 25.0. The number of aromatic amines is 1. The first-order valence-electron chi connectivity index (χ1n) is 12.2. The van der Waals surface area contributed by atoms with Crippen LogP contribution in [0.2, 0.25) is 0 Å². The Labute approximate surface area is 214 Å². The maximum atomic E-state index is 13.8. The van der Waals surface area contributed by atoms with Crippen LogP contribution in [0.3, 0.4) is 0 Å². The number of aromatic nitrogens is 4. The lowest BCUT2D eigenvalue weighted by molar-refractivity contribution is -0.139. The van der Waals surface area contributed by atoms with Crippen LogP contribution in [0, 0.1) is 5.92 Å². The summed E-state index contributed by atoms with van der Waals surface area (Å²) in [5, 5.41) is 16.8. The molecule has 2 N–H and O–H groups in total. The highest BCUT2D eigenvalue weighted by Gasteiger charge is 2.54. The number of H-pyrrole nitrogens is 1. The molecule has 2 aliphatic heterocycles. The number of amides is 2. The second-order valence-corrected chi connectivity index (χ2v) is 11.6. The normalized spacial score (nSPS) is 18.3. The smallest absolute Gasteiger partial charge is 0.244 e. The van der Waals surface area contributed by atoms with Crippen molar-refractivity contribution >= 4 is 27.3 Å². The zero-order valence-electron chi connectivity index (χ0n) is 20.2. The molecule has 2 saturated heterocycles. The van der Waals surface area contributed by atoms with E-state index in [1.807, 2.05) is 6.07 Å². The molecule has 37 heavy (non-hydrogen) atoms. The Bertz CT molecular complexity index is 1350. The number of tetrazole rings is 1. The van der Waals surface area contributed by atoms with Gasteiger partial charge in [0.1, 0.15) is 0 Å². The molecule has 1 aromatic heterocycles. The Kier molecular flexibility index (Phi) is 7.02. The molecule has 0 atom stereocenters. The number of nitrogens with zero attached hydrogens (tertiary/aromatic N) is 4. The number of piperidine rings is 1. The number of rotatable bonds is 6. The lowest BCUT2D eigenvalue weighted by Crippen LogP contribution is -2.58. The molecule has 0 aliphatic carbocycles. The van der Waals surface area contributed by atoms with Gasteiger partial charge in [0.25, 0.3) is 0 Å². The summed E-state index contributed by atoms with van der Waals surface area (Å²) in [5.74, 6) is -0.411. The van der Waals surface area contributed by atoms with Crippen LogP contribution < -0.4 is 5.32 Å². The van der Waals surface area contributed by atoms with Crippen molar-refractivity contribution in [1.82, 2.24) is 25.5 Å². The van der Waals surface area contributed by atoms with Crippen molar-refractivity contribution in [2.75, 3.05) is 31.6 Å². The van der Waals surface area contributed by atoms with E-state index in [1.165, 1.54) is 12.1 Å². The second kappa shape index (κ2) is 10.4. The molecule has 5 rings (SSSR count). The van der Waals surface area contributed by atoms with Crippen LogP contribution in [0.25, 0.3) is 11.4 Å². The number of hydrogen-bond donors (Lipinski definition) is 2. The number of carbonyl (C=O) groups is 2. The predicted molar refractivity (Wildman–Crippen MR) is 134 cm³/mol. The summed E-state index contributed by atoms with van der Waals surface area (Å²) in [7, 11) is -3.93. The quantitative estimate of drug-likeness (QED) is 0.498. The molecule has 11 nitrogen and oxygen atoms in total. The lowest BCUT2D eigenvalue weighted by atomic mass is 9.92. The Hall–Kier alpha value is -3.64. The van der Waals surface area contributed by atoms with E-state index in [4.69, 9.17) is 4.74 Å². The molecule has 12 heteroatoms. The van der Waals surface area contributed by atoms with E-state index in [1.54, 1.807) is 41.3 Å². The molecule has 0 spiro atoms. The van der Waals surface area contributed by atoms with Crippen LogP contribution in [0.15, 0.2) is 59.5 Å². The Balaban J connectivity index is 1.26. The second-order valence-electron chi connectivity index (χ2n) is 9.30. The number of anilines is 1. The minimum atomic E-state index is -3.93. The van der Waals surface area contributed by atoms with Crippen molar-refractivity contribution in [3.63, 3.8) is 0 Å². The molecule has 0 bridgehead atoms. The molecule has 0 saturated carbocycles. The van der Waals surface area contributed by atoms with E-state index >= 15 is 0 Å². The zero-order chi connectivity index (χ0) is 25.9. The fourth-order valence-corrected chi connectivity index (χ4v) is 7.05. The van der Waals surface area contributed by atoms with E-state index in [-0.39, 0.29) is 42.8 Å². The third kappa shape index (κ3) is 4.86. The highest BCUT2D eigenvalue weighted by atomic mass is 32.2. The summed E-state index contributed by atoms with van der Waals surface area (Å²) in [6.45, 7) is 1.04. The summed E-state index contributed by atoms with van der Waals surface area (Å²) in [6.07, 6.45) is 1.11. The average molecular weight is 525 g/mol. The van der Waals surface area contributed by atoms with Gasteiger partial charge in [0, 0.05) is 43.5 Å². The molecule has 2 amide bonds. The minimum absolute atomic E-state index is 0.111. The van der Waals surface area contributed by atoms with E-state index in [2.05, 4.69) is 25.9 Å². The van der Waals surface area contributed by atoms with Crippen molar-refractivity contribution in [3.8, 4) is 11.4 Å². The van der Waals surface area contributed by atoms with Gasteiger partial charge in [0.15, 0.2) is 14.6 Å². The Morgan fingerprint density at radius 2 is 1.76 bits per heavy atom. The molecular formula is C25H28N6O5S. The number of likely N-dealkylation sites (tertiary alicyclic amines) is 1. The first-order chi connectivity index (χ1) is 17.9. The molecule has 2 aromatic carbocycles. The highest BCUT2D eigenvalue weighted by molar-refractivity contribution is 7.93. The fraction of sp³-hybridized carbons (Fsp3) is 0.400. The fourth-order valence-electron chi connectivity index (χ4n) is 5.02. The zero-order valence-corrected chi connectivity index (χ0v) is 21.0. The van der Waals surface area contributed by atoms with Gasteiger partial charge in [-0.25, -0.2) is 8.42 Å². The lowest BCUT2D eigenvalue weighted by Gasteiger charge is -2.41. The van der Waals surface area contributed by atoms with E-state index in [0.717, 1.165) is 0 Å².